The van der Waals surface area contributed by atoms with Crippen molar-refractivity contribution in [3.63, 3.8) is 0 Å². The number of aryl methyl sites for hydroxylation is 1. The molecule has 2 aromatic rings. The van der Waals surface area contributed by atoms with E-state index in [0.717, 1.165) is 18.6 Å². The Hall–Kier alpha value is -1.31. The van der Waals surface area contributed by atoms with Gasteiger partial charge in [-0.1, -0.05) is 6.92 Å². The summed E-state index contributed by atoms with van der Waals surface area (Å²) in [5.74, 6) is 0. The fourth-order valence-corrected chi connectivity index (χ4v) is 1.39. The van der Waals surface area contributed by atoms with Gasteiger partial charge in [0.25, 0.3) is 0 Å². The molecule has 0 amide bonds. The summed E-state index contributed by atoms with van der Waals surface area (Å²) in [5, 5.41) is 1.17. The minimum absolute atomic E-state index is 1.04. The van der Waals surface area contributed by atoms with Crippen LogP contribution in [0.2, 0.25) is 0 Å². The molecule has 0 aliphatic carbocycles. The van der Waals surface area contributed by atoms with E-state index >= 15 is 0 Å². The van der Waals surface area contributed by atoms with Gasteiger partial charge in [-0.3, -0.25) is 0 Å². The van der Waals surface area contributed by atoms with Crippen molar-refractivity contribution in [1.29, 1.82) is 0 Å². The van der Waals surface area contributed by atoms with Crippen molar-refractivity contribution in [3.8, 4) is 0 Å². The molecule has 2 heterocycles. The third-order valence-electron chi connectivity index (χ3n) is 1.93. The Labute approximate surface area is 71.8 Å². The standard InChI is InChI=1S/C10H11N2/c1-2-7-12-8-5-9-4-3-6-11-10(9)12/h4-6,8H,2,7H2,1H3. The molecular formula is C10H11N2. The molecule has 1 radical (unpaired) electrons. The Kier molecular flexibility index (Phi) is 1.82. The normalized spacial score (nSPS) is 10.8. The highest BCUT2D eigenvalue weighted by Gasteiger charge is 1.98. The fraction of sp³-hybridized carbons (Fsp3) is 0.300. The van der Waals surface area contributed by atoms with Crippen molar-refractivity contribution >= 4 is 11.0 Å². The first kappa shape index (κ1) is 7.35. The van der Waals surface area contributed by atoms with Crippen molar-refractivity contribution in [1.82, 2.24) is 9.55 Å². The van der Waals surface area contributed by atoms with Crippen LogP contribution in [0.25, 0.3) is 11.0 Å². The molecule has 0 unspecified atom stereocenters. The number of nitrogens with zero attached hydrogens (tertiary/aromatic N) is 2. The number of hydrogen-bond acceptors (Lipinski definition) is 1. The van der Waals surface area contributed by atoms with Gasteiger partial charge in [0, 0.05) is 30.4 Å². The first-order chi connectivity index (χ1) is 5.92. The van der Waals surface area contributed by atoms with Gasteiger partial charge in [-0.25, -0.2) is 4.98 Å². The van der Waals surface area contributed by atoms with Crippen LogP contribution < -0.4 is 0 Å². The van der Waals surface area contributed by atoms with Gasteiger partial charge in [-0.15, -0.1) is 0 Å². The van der Waals surface area contributed by atoms with Crippen molar-refractivity contribution in [2.45, 2.75) is 19.9 Å². The Morgan fingerprint density at radius 2 is 2.50 bits per heavy atom. The second kappa shape index (κ2) is 2.97. The molecule has 0 aliphatic heterocycles. The Bertz CT molecular complexity index is 376. The zero-order valence-corrected chi connectivity index (χ0v) is 7.12. The van der Waals surface area contributed by atoms with Crippen molar-refractivity contribution in [2.24, 2.45) is 0 Å². The van der Waals surface area contributed by atoms with E-state index in [9.17, 15) is 0 Å². The minimum atomic E-state index is 1.04. The summed E-state index contributed by atoms with van der Waals surface area (Å²) in [6.07, 6.45) is 4.94. The molecule has 2 rings (SSSR count). The molecule has 2 nitrogen and oxygen atoms in total. The van der Waals surface area contributed by atoms with Gasteiger partial charge in [0.2, 0.25) is 0 Å². The number of fused-ring (bicyclic) bond motifs is 1. The molecule has 0 spiro atoms. The van der Waals surface area contributed by atoms with E-state index in [1.807, 2.05) is 6.07 Å². The zero-order chi connectivity index (χ0) is 8.39. The maximum atomic E-state index is 4.27. The minimum Gasteiger partial charge on any atom is -0.333 e. The average molecular weight is 159 g/mol. The van der Waals surface area contributed by atoms with Gasteiger partial charge in [0.15, 0.2) is 0 Å². The van der Waals surface area contributed by atoms with Crippen LogP contribution in [-0.4, -0.2) is 9.55 Å². The second-order valence-corrected chi connectivity index (χ2v) is 2.86. The van der Waals surface area contributed by atoms with E-state index < -0.39 is 0 Å². The molecule has 0 atom stereocenters. The molecule has 0 aliphatic rings. The Morgan fingerprint density at radius 1 is 1.58 bits per heavy atom. The lowest BCUT2D eigenvalue weighted by molar-refractivity contribution is 0.697. The van der Waals surface area contributed by atoms with E-state index in [4.69, 9.17) is 0 Å². The molecule has 2 aromatic heterocycles. The lowest BCUT2D eigenvalue weighted by atomic mass is 10.3. The summed E-state index contributed by atoms with van der Waals surface area (Å²) < 4.78 is 2.17. The summed E-state index contributed by atoms with van der Waals surface area (Å²) in [5.41, 5.74) is 1.07. The first-order valence-corrected chi connectivity index (χ1v) is 4.22. The van der Waals surface area contributed by atoms with Crippen molar-refractivity contribution < 1.29 is 0 Å². The lowest BCUT2D eigenvalue weighted by Crippen LogP contribution is -1.94. The summed E-state index contributed by atoms with van der Waals surface area (Å²) in [7, 11) is 0. The quantitative estimate of drug-likeness (QED) is 0.657. The first-order valence-electron chi connectivity index (χ1n) is 4.22. The third kappa shape index (κ3) is 1.09. The van der Waals surface area contributed by atoms with Crippen LogP contribution in [-0.2, 0) is 6.54 Å². The predicted molar refractivity (Wildman–Crippen MR) is 48.9 cm³/mol. The van der Waals surface area contributed by atoms with E-state index in [-0.39, 0.29) is 0 Å². The van der Waals surface area contributed by atoms with Crippen molar-refractivity contribution in [2.75, 3.05) is 0 Å². The highest BCUT2D eigenvalue weighted by molar-refractivity contribution is 5.75. The summed E-state index contributed by atoms with van der Waals surface area (Å²) in [4.78, 5) is 4.27. The number of aromatic nitrogens is 2. The van der Waals surface area contributed by atoms with E-state index in [2.05, 4.69) is 34.8 Å². The van der Waals surface area contributed by atoms with Gasteiger partial charge in [0.05, 0.1) is 0 Å². The van der Waals surface area contributed by atoms with Crippen LogP contribution in [0.3, 0.4) is 0 Å². The molecule has 0 bridgehead atoms. The van der Waals surface area contributed by atoms with Gasteiger partial charge in [-0.05, 0) is 18.6 Å². The average Bonchev–Trinajstić information content (AvgIpc) is 2.50. The number of hydrogen-bond donors (Lipinski definition) is 0. The topological polar surface area (TPSA) is 17.8 Å². The summed E-state index contributed by atoms with van der Waals surface area (Å²) >= 11 is 0. The molecule has 0 saturated carbocycles. The number of rotatable bonds is 2. The molecule has 61 valence electrons. The highest BCUT2D eigenvalue weighted by Crippen LogP contribution is 2.11. The molecule has 0 N–H and O–H groups in total. The molecule has 0 aromatic carbocycles. The SMILES string of the molecule is CCCn1ccc2c[c]cnc21. The monoisotopic (exact) mass is 159 g/mol. The van der Waals surface area contributed by atoms with Crippen LogP contribution in [0, 0.1) is 6.07 Å². The smallest absolute Gasteiger partial charge is 0.139 e. The van der Waals surface area contributed by atoms with Gasteiger partial charge in [0.1, 0.15) is 5.65 Å². The lowest BCUT2D eigenvalue weighted by Gasteiger charge is -1.99. The van der Waals surface area contributed by atoms with Crippen LogP contribution in [0.1, 0.15) is 13.3 Å². The summed E-state index contributed by atoms with van der Waals surface area (Å²) in [6, 6.07) is 7.01. The maximum absolute atomic E-state index is 4.27. The van der Waals surface area contributed by atoms with Gasteiger partial charge in [-0.2, -0.15) is 0 Å². The predicted octanol–water partition coefficient (Wildman–Crippen LogP) is 2.25. The second-order valence-electron chi connectivity index (χ2n) is 2.86. The van der Waals surface area contributed by atoms with Gasteiger partial charge < -0.3 is 4.57 Å². The molecule has 0 fully saturated rings. The highest BCUT2D eigenvalue weighted by atomic mass is 15.0. The van der Waals surface area contributed by atoms with Crippen LogP contribution in [0.15, 0.2) is 24.5 Å². The molecule has 12 heavy (non-hydrogen) atoms. The van der Waals surface area contributed by atoms with E-state index in [1.54, 1.807) is 6.20 Å². The fourth-order valence-electron chi connectivity index (χ4n) is 1.39. The zero-order valence-electron chi connectivity index (χ0n) is 7.12. The van der Waals surface area contributed by atoms with E-state index in [0.29, 0.717) is 0 Å². The third-order valence-corrected chi connectivity index (χ3v) is 1.93. The number of pyridine rings is 1. The van der Waals surface area contributed by atoms with E-state index in [1.165, 1.54) is 5.39 Å². The molecule has 2 heteroatoms. The van der Waals surface area contributed by atoms with Crippen molar-refractivity contribution in [3.05, 3.63) is 30.6 Å². The van der Waals surface area contributed by atoms with Gasteiger partial charge >= 0.3 is 0 Å². The van der Waals surface area contributed by atoms with Crippen LogP contribution in [0.4, 0.5) is 0 Å². The largest absolute Gasteiger partial charge is 0.333 e. The van der Waals surface area contributed by atoms with Crippen LogP contribution >= 0.6 is 0 Å². The Balaban J connectivity index is 2.55. The summed E-state index contributed by atoms with van der Waals surface area (Å²) in [6.45, 7) is 3.21. The van der Waals surface area contributed by atoms with Crippen LogP contribution in [0.5, 0.6) is 0 Å². The maximum Gasteiger partial charge on any atom is 0.139 e. The molecular weight excluding hydrogens is 148 g/mol. The molecule has 0 saturated heterocycles. The Morgan fingerprint density at radius 3 is 3.33 bits per heavy atom.